The fourth-order valence-electron chi connectivity index (χ4n) is 4.40. The number of hydrogen-bond acceptors (Lipinski definition) is 6. The Kier molecular flexibility index (Phi) is 10.5. The molecule has 0 unspecified atom stereocenters. The summed E-state index contributed by atoms with van der Waals surface area (Å²) in [7, 11) is 0. The summed E-state index contributed by atoms with van der Waals surface area (Å²) < 4.78 is 10.5. The molecule has 2 aromatic carbocycles. The molecule has 0 radical (unpaired) electrons. The first-order valence-corrected chi connectivity index (χ1v) is 12.8. The third kappa shape index (κ3) is 9.27. The summed E-state index contributed by atoms with van der Waals surface area (Å²) in [6.45, 7) is 7.10. The van der Waals surface area contributed by atoms with Crippen LogP contribution in [0.4, 0.5) is 11.4 Å². The fraction of sp³-hybridized carbons (Fsp3) is 0.517. The summed E-state index contributed by atoms with van der Waals surface area (Å²) in [5.41, 5.74) is 3.27. The average Bonchev–Trinajstić information content (AvgIpc) is 2.87. The summed E-state index contributed by atoms with van der Waals surface area (Å²) >= 11 is 0. The third-order valence-corrected chi connectivity index (χ3v) is 6.87. The standard InChI is InChI=1S/C21H24N2O2.C8H14O2/c1-15-3-9-18(10-4-15)22-23-19-11-7-17(8-12-19)21(24)25-20-13-5-16(2)6-14-20;1-7-2-4-8(5-3-7)10-6-9/h3-4,7-12,16,20H,5-6,13-14H2,1-2H3;6-8H,2-5H2,1H3. The lowest BCUT2D eigenvalue weighted by molar-refractivity contribution is -0.135. The number of carbonyl (C=O) groups excluding carboxylic acids is 2. The van der Waals surface area contributed by atoms with Crippen LogP contribution < -0.4 is 0 Å². The average molecular weight is 479 g/mol. The van der Waals surface area contributed by atoms with Gasteiger partial charge in [-0.05, 0) is 107 Å². The topological polar surface area (TPSA) is 77.3 Å². The number of carbonyl (C=O) groups is 2. The van der Waals surface area contributed by atoms with E-state index < -0.39 is 0 Å². The second kappa shape index (κ2) is 13.8. The van der Waals surface area contributed by atoms with Gasteiger partial charge in [-0.1, -0.05) is 31.5 Å². The highest BCUT2D eigenvalue weighted by Gasteiger charge is 2.22. The molecular formula is C29H38N2O4. The highest BCUT2D eigenvalue weighted by Crippen LogP contribution is 2.27. The Labute approximate surface area is 209 Å². The highest BCUT2D eigenvalue weighted by molar-refractivity contribution is 5.89. The summed E-state index contributed by atoms with van der Waals surface area (Å²) in [5.74, 6) is 1.32. The zero-order chi connectivity index (χ0) is 25.0. The second-order valence-corrected chi connectivity index (χ2v) is 9.98. The maximum atomic E-state index is 12.2. The van der Waals surface area contributed by atoms with E-state index >= 15 is 0 Å². The molecule has 2 aliphatic rings. The van der Waals surface area contributed by atoms with Gasteiger partial charge in [0.25, 0.3) is 6.47 Å². The SMILES string of the molecule is CC1CCC(OC=O)CC1.Cc1ccc(N=Nc2ccc(C(=O)OC3CCC(C)CC3)cc2)cc1. The molecule has 188 valence electrons. The van der Waals surface area contributed by atoms with Crippen LogP contribution in [-0.2, 0) is 14.3 Å². The van der Waals surface area contributed by atoms with Crippen molar-refractivity contribution in [3.63, 3.8) is 0 Å². The molecule has 0 saturated heterocycles. The minimum atomic E-state index is -0.249. The first-order valence-electron chi connectivity index (χ1n) is 12.8. The van der Waals surface area contributed by atoms with Crippen molar-refractivity contribution in [3.05, 3.63) is 59.7 Å². The number of aryl methyl sites for hydroxylation is 1. The molecule has 0 heterocycles. The van der Waals surface area contributed by atoms with Crippen LogP contribution in [0, 0.1) is 18.8 Å². The number of nitrogens with zero attached hydrogens (tertiary/aromatic N) is 2. The Morgan fingerprint density at radius 1 is 0.743 bits per heavy atom. The van der Waals surface area contributed by atoms with Gasteiger partial charge >= 0.3 is 5.97 Å². The molecule has 0 amide bonds. The highest BCUT2D eigenvalue weighted by atomic mass is 16.5. The smallest absolute Gasteiger partial charge is 0.338 e. The van der Waals surface area contributed by atoms with E-state index in [-0.39, 0.29) is 18.2 Å². The maximum absolute atomic E-state index is 12.2. The number of hydrogen-bond donors (Lipinski definition) is 0. The summed E-state index contributed by atoms with van der Waals surface area (Å²) in [5, 5.41) is 8.41. The number of ether oxygens (including phenoxy) is 2. The normalized spacial score (nSPS) is 24.2. The Bertz CT molecular complexity index is 940. The number of rotatable bonds is 6. The Morgan fingerprint density at radius 2 is 1.20 bits per heavy atom. The van der Waals surface area contributed by atoms with Gasteiger partial charge in [0.05, 0.1) is 16.9 Å². The molecule has 2 aliphatic carbocycles. The van der Waals surface area contributed by atoms with E-state index in [1.807, 2.05) is 31.2 Å². The van der Waals surface area contributed by atoms with E-state index in [9.17, 15) is 9.59 Å². The van der Waals surface area contributed by atoms with Gasteiger partial charge in [0, 0.05) is 0 Å². The van der Waals surface area contributed by atoms with E-state index in [4.69, 9.17) is 9.47 Å². The van der Waals surface area contributed by atoms with E-state index in [1.165, 1.54) is 18.4 Å². The van der Waals surface area contributed by atoms with Crippen LogP contribution in [0.5, 0.6) is 0 Å². The zero-order valence-electron chi connectivity index (χ0n) is 21.2. The number of benzene rings is 2. The molecule has 2 aromatic rings. The van der Waals surface area contributed by atoms with Gasteiger partial charge in [0.15, 0.2) is 0 Å². The maximum Gasteiger partial charge on any atom is 0.338 e. The fourth-order valence-corrected chi connectivity index (χ4v) is 4.40. The van der Waals surface area contributed by atoms with Gasteiger partial charge in [-0.3, -0.25) is 4.79 Å². The second-order valence-electron chi connectivity index (χ2n) is 9.98. The minimum absolute atomic E-state index is 0.0598. The lowest BCUT2D eigenvalue weighted by Crippen LogP contribution is -2.23. The van der Waals surface area contributed by atoms with Gasteiger partial charge in [0.2, 0.25) is 0 Å². The zero-order valence-corrected chi connectivity index (χ0v) is 21.2. The predicted octanol–water partition coefficient (Wildman–Crippen LogP) is 7.88. The van der Waals surface area contributed by atoms with Crippen LogP contribution in [0.25, 0.3) is 0 Å². The lowest BCUT2D eigenvalue weighted by Gasteiger charge is -2.25. The summed E-state index contributed by atoms with van der Waals surface area (Å²) in [6, 6.07) is 14.9. The largest absolute Gasteiger partial charge is 0.465 e. The molecule has 4 rings (SSSR count). The van der Waals surface area contributed by atoms with Crippen molar-refractivity contribution in [1.29, 1.82) is 0 Å². The number of esters is 1. The molecule has 2 fully saturated rings. The Morgan fingerprint density at radius 3 is 1.69 bits per heavy atom. The molecule has 0 bridgehead atoms. The number of azo groups is 1. The minimum Gasteiger partial charge on any atom is -0.465 e. The molecule has 6 heteroatoms. The van der Waals surface area contributed by atoms with Crippen molar-refractivity contribution in [1.82, 2.24) is 0 Å². The van der Waals surface area contributed by atoms with E-state index in [0.29, 0.717) is 17.7 Å². The third-order valence-electron chi connectivity index (χ3n) is 6.87. The van der Waals surface area contributed by atoms with Gasteiger partial charge < -0.3 is 9.47 Å². The van der Waals surface area contributed by atoms with Crippen molar-refractivity contribution in [2.45, 2.75) is 84.3 Å². The summed E-state index contributed by atoms with van der Waals surface area (Å²) in [6.07, 6.45) is 9.01. The molecule has 0 spiro atoms. The molecule has 0 aliphatic heterocycles. The molecule has 0 N–H and O–H groups in total. The first kappa shape index (κ1) is 26.6. The van der Waals surface area contributed by atoms with Gasteiger partial charge in [-0.25, -0.2) is 4.79 Å². The van der Waals surface area contributed by atoms with Gasteiger partial charge in [-0.2, -0.15) is 10.2 Å². The van der Waals surface area contributed by atoms with Crippen molar-refractivity contribution in [3.8, 4) is 0 Å². The monoisotopic (exact) mass is 478 g/mol. The Balaban J connectivity index is 0.000000287. The van der Waals surface area contributed by atoms with Crippen molar-refractivity contribution < 1.29 is 19.1 Å². The van der Waals surface area contributed by atoms with Crippen LogP contribution in [0.2, 0.25) is 0 Å². The van der Waals surface area contributed by atoms with Gasteiger partial charge in [-0.15, -0.1) is 0 Å². The molecule has 2 saturated carbocycles. The quantitative estimate of drug-likeness (QED) is 0.240. The molecular weight excluding hydrogens is 440 g/mol. The van der Waals surface area contributed by atoms with Crippen LogP contribution in [0.1, 0.15) is 81.1 Å². The van der Waals surface area contributed by atoms with E-state index in [2.05, 4.69) is 24.1 Å². The van der Waals surface area contributed by atoms with Crippen LogP contribution >= 0.6 is 0 Å². The van der Waals surface area contributed by atoms with Crippen molar-refractivity contribution in [2.24, 2.45) is 22.1 Å². The van der Waals surface area contributed by atoms with Crippen LogP contribution in [0.15, 0.2) is 58.8 Å². The predicted molar refractivity (Wildman–Crippen MR) is 137 cm³/mol. The Hall–Kier alpha value is -3.02. The van der Waals surface area contributed by atoms with Crippen LogP contribution in [-0.4, -0.2) is 24.6 Å². The van der Waals surface area contributed by atoms with Crippen molar-refractivity contribution in [2.75, 3.05) is 0 Å². The van der Waals surface area contributed by atoms with Gasteiger partial charge in [0.1, 0.15) is 12.2 Å². The molecule has 6 nitrogen and oxygen atoms in total. The van der Waals surface area contributed by atoms with Crippen LogP contribution in [0.3, 0.4) is 0 Å². The first-order chi connectivity index (χ1) is 16.9. The van der Waals surface area contributed by atoms with Crippen molar-refractivity contribution >= 4 is 23.8 Å². The van der Waals surface area contributed by atoms with E-state index in [1.54, 1.807) is 24.3 Å². The lowest BCUT2D eigenvalue weighted by atomic mass is 9.89. The molecule has 35 heavy (non-hydrogen) atoms. The molecule has 0 atom stereocenters. The summed E-state index contributed by atoms with van der Waals surface area (Å²) in [4.78, 5) is 22.2. The molecule has 0 aromatic heterocycles. The van der Waals surface area contributed by atoms with E-state index in [0.717, 1.165) is 56.0 Å².